The number of rotatable bonds is 5. The van der Waals surface area contributed by atoms with E-state index in [0.29, 0.717) is 5.92 Å². The average molecular weight is 215 g/mol. The molecule has 0 amide bonds. The molecule has 4 nitrogen and oxygen atoms in total. The second kappa shape index (κ2) is 6.08. The Bertz CT molecular complexity index is 202. The number of aliphatic hydroxyl groups is 1. The van der Waals surface area contributed by atoms with Gasteiger partial charge >= 0.3 is 5.97 Å². The van der Waals surface area contributed by atoms with Crippen molar-refractivity contribution in [1.82, 2.24) is 0 Å². The molecule has 1 saturated carbocycles. The van der Waals surface area contributed by atoms with Crippen molar-refractivity contribution in [1.29, 1.82) is 0 Å². The number of hydrogen-bond acceptors (Lipinski definition) is 3. The van der Waals surface area contributed by atoms with Crippen molar-refractivity contribution in [3.63, 3.8) is 0 Å². The highest BCUT2D eigenvalue weighted by atomic mass is 16.4. The van der Waals surface area contributed by atoms with E-state index in [-0.39, 0.29) is 12.5 Å². The molecule has 0 aromatic heterocycles. The average Bonchev–Trinajstić information content (AvgIpc) is 2.18. The molecule has 0 heterocycles. The van der Waals surface area contributed by atoms with Gasteiger partial charge in [-0.1, -0.05) is 32.1 Å². The van der Waals surface area contributed by atoms with E-state index in [9.17, 15) is 9.90 Å². The van der Waals surface area contributed by atoms with Crippen molar-refractivity contribution in [2.45, 2.75) is 57.1 Å². The highest BCUT2D eigenvalue weighted by Gasteiger charge is 2.23. The molecule has 1 aliphatic rings. The highest BCUT2D eigenvalue weighted by molar-refractivity contribution is 5.67. The van der Waals surface area contributed by atoms with Gasteiger partial charge in [-0.05, 0) is 12.3 Å². The van der Waals surface area contributed by atoms with E-state index in [0.717, 1.165) is 6.42 Å². The fourth-order valence-electron chi connectivity index (χ4n) is 2.30. The van der Waals surface area contributed by atoms with Crippen LogP contribution in [0.25, 0.3) is 0 Å². The van der Waals surface area contributed by atoms with E-state index >= 15 is 0 Å². The number of carboxylic acids is 1. The van der Waals surface area contributed by atoms with E-state index in [1.165, 1.54) is 32.1 Å². The first-order valence-electron chi connectivity index (χ1n) is 5.75. The normalized spacial score (nSPS) is 22.3. The zero-order chi connectivity index (χ0) is 11.3. The quantitative estimate of drug-likeness (QED) is 0.641. The van der Waals surface area contributed by atoms with Crippen LogP contribution in [-0.4, -0.2) is 28.3 Å². The van der Waals surface area contributed by atoms with Gasteiger partial charge in [0, 0.05) is 6.04 Å². The zero-order valence-electron chi connectivity index (χ0n) is 9.06. The maximum Gasteiger partial charge on any atom is 0.306 e. The molecule has 0 bridgehead atoms. The van der Waals surface area contributed by atoms with Gasteiger partial charge in [-0.15, -0.1) is 0 Å². The fourth-order valence-corrected chi connectivity index (χ4v) is 2.30. The van der Waals surface area contributed by atoms with E-state index < -0.39 is 12.1 Å². The van der Waals surface area contributed by atoms with Crippen molar-refractivity contribution in [2.75, 3.05) is 0 Å². The molecule has 1 aliphatic carbocycles. The summed E-state index contributed by atoms with van der Waals surface area (Å²) in [7, 11) is 0. The van der Waals surface area contributed by atoms with Crippen LogP contribution in [0.5, 0.6) is 0 Å². The SMILES string of the molecule is N[C@H](CC1CCCCC1)[C@@H](O)CC(=O)O. The summed E-state index contributed by atoms with van der Waals surface area (Å²) < 4.78 is 0. The Labute approximate surface area is 90.5 Å². The van der Waals surface area contributed by atoms with Crippen LogP contribution in [0.3, 0.4) is 0 Å². The summed E-state index contributed by atoms with van der Waals surface area (Å²) in [5.74, 6) is -0.404. The Morgan fingerprint density at radius 3 is 2.47 bits per heavy atom. The van der Waals surface area contributed by atoms with Crippen LogP contribution < -0.4 is 5.73 Å². The monoisotopic (exact) mass is 215 g/mol. The molecule has 0 radical (unpaired) electrons. The van der Waals surface area contributed by atoms with Crippen LogP contribution >= 0.6 is 0 Å². The second-order valence-corrected chi connectivity index (χ2v) is 4.57. The minimum atomic E-state index is -0.985. The topological polar surface area (TPSA) is 83.5 Å². The van der Waals surface area contributed by atoms with Crippen LogP contribution in [0.4, 0.5) is 0 Å². The molecule has 88 valence electrons. The molecule has 15 heavy (non-hydrogen) atoms. The molecule has 4 heteroatoms. The number of nitrogens with two attached hydrogens (primary N) is 1. The van der Waals surface area contributed by atoms with Crippen molar-refractivity contribution in [3.8, 4) is 0 Å². The van der Waals surface area contributed by atoms with E-state index in [4.69, 9.17) is 10.8 Å². The Balaban J connectivity index is 2.26. The van der Waals surface area contributed by atoms with Crippen LogP contribution in [-0.2, 0) is 4.79 Å². The molecule has 1 fully saturated rings. The van der Waals surface area contributed by atoms with Gasteiger partial charge < -0.3 is 15.9 Å². The molecule has 0 saturated heterocycles. The third kappa shape index (κ3) is 4.62. The third-order valence-electron chi connectivity index (χ3n) is 3.21. The number of hydrogen-bond donors (Lipinski definition) is 3. The Morgan fingerprint density at radius 2 is 1.93 bits per heavy atom. The van der Waals surface area contributed by atoms with Gasteiger partial charge in [-0.2, -0.15) is 0 Å². The molecule has 0 unspecified atom stereocenters. The number of aliphatic hydroxyl groups excluding tert-OH is 1. The summed E-state index contributed by atoms with van der Waals surface area (Å²) in [4.78, 5) is 10.4. The van der Waals surface area contributed by atoms with Crippen molar-refractivity contribution in [3.05, 3.63) is 0 Å². The molecule has 2 atom stereocenters. The lowest BCUT2D eigenvalue weighted by atomic mass is 9.83. The van der Waals surface area contributed by atoms with Gasteiger partial charge in [0.1, 0.15) is 0 Å². The maximum absolute atomic E-state index is 10.4. The van der Waals surface area contributed by atoms with Gasteiger partial charge in [0.2, 0.25) is 0 Å². The molecule has 1 rings (SSSR count). The molecule has 0 aromatic rings. The van der Waals surface area contributed by atoms with E-state index in [1.807, 2.05) is 0 Å². The van der Waals surface area contributed by atoms with E-state index in [1.54, 1.807) is 0 Å². The third-order valence-corrected chi connectivity index (χ3v) is 3.21. The Hall–Kier alpha value is -0.610. The minimum absolute atomic E-state index is 0.242. The molecule has 0 aliphatic heterocycles. The summed E-state index contributed by atoms with van der Waals surface area (Å²) in [6.07, 6.45) is 5.75. The molecule has 4 N–H and O–H groups in total. The Kier molecular flexibility index (Phi) is 5.05. The lowest BCUT2D eigenvalue weighted by Gasteiger charge is -2.26. The molecular weight excluding hydrogens is 194 g/mol. The zero-order valence-corrected chi connectivity index (χ0v) is 9.06. The van der Waals surface area contributed by atoms with Gasteiger partial charge in [-0.3, -0.25) is 4.79 Å². The van der Waals surface area contributed by atoms with Crippen LogP contribution in [0.1, 0.15) is 44.9 Å². The number of carbonyl (C=O) groups is 1. The first-order valence-corrected chi connectivity index (χ1v) is 5.75. The summed E-state index contributed by atoms with van der Waals surface area (Å²) in [6, 6.07) is -0.385. The maximum atomic E-state index is 10.4. The van der Waals surface area contributed by atoms with Gasteiger partial charge in [0.05, 0.1) is 12.5 Å². The second-order valence-electron chi connectivity index (χ2n) is 4.57. The summed E-state index contributed by atoms with van der Waals surface area (Å²) >= 11 is 0. The first kappa shape index (κ1) is 12.5. The van der Waals surface area contributed by atoms with Crippen LogP contribution in [0, 0.1) is 5.92 Å². The minimum Gasteiger partial charge on any atom is -0.481 e. The summed E-state index contributed by atoms with van der Waals surface area (Å²) in [5.41, 5.74) is 5.78. The predicted octanol–water partition coefficient (Wildman–Crippen LogP) is 1.12. The summed E-state index contributed by atoms with van der Waals surface area (Å²) in [5, 5.41) is 18.0. The molecule has 0 spiro atoms. The van der Waals surface area contributed by atoms with Crippen molar-refractivity contribution >= 4 is 5.97 Å². The lowest BCUT2D eigenvalue weighted by Crippen LogP contribution is -2.38. The predicted molar refractivity (Wildman–Crippen MR) is 57.4 cm³/mol. The highest BCUT2D eigenvalue weighted by Crippen LogP contribution is 2.27. The smallest absolute Gasteiger partial charge is 0.306 e. The largest absolute Gasteiger partial charge is 0.481 e. The van der Waals surface area contributed by atoms with Crippen molar-refractivity contribution < 1.29 is 15.0 Å². The fraction of sp³-hybridized carbons (Fsp3) is 0.909. The first-order chi connectivity index (χ1) is 7.09. The van der Waals surface area contributed by atoms with E-state index in [2.05, 4.69) is 0 Å². The van der Waals surface area contributed by atoms with Gasteiger partial charge in [0.25, 0.3) is 0 Å². The van der Waals surface area contributed by atoms with Gasteiger partial charge in [0.15, 0.2) is 0 Å². The van der Waals surface area contributed by atoms with Crippen LogP contribution in [0.15, 0.2) is 0 Å². The van der Waals surface area contributed by atoms with Gasteiger partial charge in [-0.25, -0.2) is 0 Å². The standard InChI is InChI=1S/C11H21NO3/c12-9(10(13)7-11(14)15)6-8-4-2-1-3-5-8/h8-10,13H,1-7,12H2,(H,14,15)/t9-,10+/m1/s1. The van der Waals surface area contributed by atoms with Crippen LogP contribution in [0.2, 0.25) is 0 Å². The molecule has 0 aromatic carbocycles. The van der Waals surface area contributed by atoms with Crippen molar-refractivity contribution in [2.24, 2.45) is 11.7 Å². The Morgan fingerprint density at radius 1 is 1.33 bits per heavy atom. The lowest BCUT2D eigenvalue weighted by molar-refractivity contribution is -0.139. The number of aliphatic carboxylic acids is 1. The summed E-state index contributed by atoms with van der Waals surface area (Å²) in [6.45, 7) is 0. The number of carboxylic acid groups (broad SMARTS) is 1. The molecular formula is C11H21NO3.